The molecule has 242 valence electrons. The number of carbonyl (C=O) groups is 1. The van der Waals surface area contributed by atoms with Crippen molar-refractivity contribution < 1.29 is 31.5 Å². The molecule has 3 saturated carbocycles. The van der Waals surface area contributed by atoms with E-state index in [9.17, 15) is 18.0 Å². The molecule has 9 nitrogen and oxygen atoms in total. The van der Waals surface area contributed by atoms with Gasteiger partial charge < -0.3 is 15.0 Å². The van der Waals surface area contributed by atoms with Crippen LogP contribution in [0, 0.1) is 10.8 Å². The molecule has 1 N–H and O–H groups in total. The maximum absolute atomic E-state index is 16.3. The molecule has 8 rings (SSSR count). The number of rotatable bonds is 6. The molecular formula is C30H40F5N7O2. The Labute approximate surface area is 253 Å². The van der Waals surface area contributed by atoms with Crippen LogP contribution < -0.4 is 10.2 Å². The zero-order valence-corrected chi connectivity index (χ0v) is 25.6. The van der Waals surface area contributed by atoms with Crippen molar-refractivity contribution in [3.8, 4) is 0 Å². The predicted molar refractivity (Wildman–Crippen MR) is 152 cm³/mol. The molecule has 0 unspecified atom stereocenters. The molecule has 3 aliphatic carbocycles. The van der Waals surface area contributed by atoms with Gasteiger partial charge in [0.25, 0.3) is 5.92 Å². The Hall–Kier alpha value is -2.42. The van der Waals surface area contributed by atoms with E-state index in [1.165, 1.54) is 16.9 Å². The second-order valence-electron chi connectivity index (χ2n) is 14.6. The highest BCUT2D eigenvalue weighted by molar-refractivity contribution is 5.98. The van der Waals surface area contributed by atoms with Gasteiger partial charge in [0, 0.05) is 61.7 Å². The number of piperazine rings is 1. The Morgan fingerprint density at radius 1 is 1.11 bits per heavy atom. The first kappa shape index (κ1) is 30.2. The fourth-order valence-electron chi connectivity index (χ4n) is 8.49. The molecule has 2 saturated heterocycles. The van der Waals surface area contributed by atoms with E-state index in [1.54, 1.807) is 4.90 Å². The highest BCUT2D eigenvalue weighted by atomic mass is 19.4. The van der Waals surface area contributed by atoms with Gasteiger partial charge in [-0.15, -0.1) is 0 Å². The first-order chi connectivity index (χ1) is 20.6. The van der Waals surface area contributed by atoms with E-state index >= 15 is 8.78 Å². The van der Waals surface area contributed by atoms with Gasteiger partial charge in [-0.25, -0.2) is 18.3 Å². The molecule has 0 spiro atoms. The summed E-state index contributed by atoms with van der Waals surface area (Å²) in [6.07, 6.45) is -5.13. The lowest BCUT2D eigenvalue weighted by Crippen LogP contribution is -2.73. The molecule has 5 fully saturated rings. The molecule has 6 aliphatic rings. The quantitative estimate of drug-likeness (QED) is 0.492. The molecule has 1 amide bonds. The summed E-state index contributed by atoms with van der Waals surface area (Å²) in [5, 5.41) is 7.80. The first-order valence-electron chi connectivity index (χ1n) is 15.5. The minimum absolute atomic E-state index is 0.0717. The summed E-state index contributed by atoms with van der Waals surface area (Å²) >= 11 is 0. The Morgan fingerprint density at radius 2 is 1.84 bits per heavy atom. The van der Waals surface area contributed by atoms with Gasteiger partial charge in [-0.1, -0.05) is 13.8 Å². The van der Waals surface area contributed by atoms with Crippen molar-refractivity contribution in [2.45, 2.75) is 82.6 Å². The average Bonchev–Trinajstić information content (AvgIpc) is 3.45. The van der Waals surface area contributed by atoms with Crippen LogP contribution in [0.4, 0.5) is 27.6 Å². The number of carbonyl (C=O) groups excluding carboxylic acids is 1. The second kappa shape index (κ2) is 9.79. The van der Waals surface area contributed by atoms with Crippen molar-refractivity contribution >= 4 is 17.2 Å². The minimum atomic E-state index is -4.50. The topological polar surface area (TPSA) is 78.2 Å². The molecule has 14 heteroatoms. The van der Waals surface area contributed by atoms with Crippen molar-refractivity contribution in [2.24, 2.45) is 10.8 Å². The Bertz CT molecular complexity index is 1460. The number of pyridine rings is 1. The number of anilines is 1. The third-order valence-electron chi connectivity index (χ3n) is 11.0. The zero-order valence-electron chi connectivity index (χ0n) is 25.6. The third-order valence-corrected chi connectivity index (χ3v) is 11.0. The lowest BCUT2D eigenvalue weighted by atomic mass is 9.32. The van der Waals surface area contributed by atoms with Crippen molar-refractivity contribution in [3.05, 3.63) is 23.7 Å². The van der Waals surface area contributed by atoms with Gasteiger partial charge in [-0.3, -0.25) is 14.6 Å². The SMILES string of the molecule is C[C@@H]1CN(CC(=O)N2CC(C)(C)c3c2cc(C(F)(F)C24CC(C(F)(F)F)(C2)C4)c2ncnn32)[C@@H](CN2CCOC[C@H]2C)CN1. The van der Waals surface area contributed by atoms with Gasteiger partial charge in [-0.2, -0.15) is 18.3 Å². The molecule has 44 heavy (non-hydrogen) atoms. The number of aromatic nitrogens is 3. The highest BCUT2D eigenvalue weighted by Crippen LogP contribution is 2.84. The normalized spacial score (nSPS) is 34.1. The van der Waals surface area contributed by atoms with Gasteiger partial charge >= 0.3 is 6.18 Å². The predicted octanol–water partition coefficient (Wildman–Crippen LogP) is 3.56. The Morgan fingerprint density at radius 3 is 2.52 bits per heavy atom. The summed E-state index contributed by atoms with van der Waals surface area (Å²) in [4.78, 5) is 24.4. The summed E-state index contributed by atoms with van der Waals surface area (Å²) in [6.45, 7) is 12.8. The first-order valence-corrected chi connectivity index (χ1v) is 15.5. The molecule has 2 aromatic rings. The molecule has 3 aliphatic heterocycles. The number of halogens is 5. The molecule has 3 atom stereocenters. The number of nitrogens with zero attached hydrogens (tertiary/aromatic N) is 6. The lowest BCUT2D eigenvalue weighted by Gasteiger charge is -2.72. The van der Waals surface area contributed by atoms with Crippen LogP contribution in [0.3, 0.4) is 0 Å². The number of fused-ring (bicyclic) bond motifs is 3. The third kappa shape index (κ3) is 4.33. The van der Waals surface area contributed by atoms with Crippen molar-refractivity contribution in [3.63, 3.8) is 0 Å². The zero-order chi connectivity index (χ0) is 31.4. The largest absolute Gasteiger partial charge is 0.394 e. The maximum atomic E-state index is 16.3. The second-order valence-corrected chi connectivity index (χ2v) is 14.6. The number of alkyl halides is 5. The van der Waals surface area contributed by atoms with Crippen LogP contribution >= 0.6 is 0 Å². The number of nitrogens with one attached hydrogen (secondary N) is 1. The fourth-order valence-corrected chi connectivity index (χ4v) is 8.49. The van der Waals surface area contributed by atoms with Crippen LogP contribution in [0.5, 0.6) is 0 Å². The van der Waals surface area contributed by atoms with Gasteiger partial charge in [0.2, 0.25) is 5.91 Å². The van der Waals surface area contributed by atoms with E-state index < -0.39 is 53.2 Å². The monoisotopic (exact) mass is 625 g/mol. The van der Waals surface area contributed by atoms with Crippen molar-refractivity contribution in [2.75, 3.05) is 57.4 Å². The van der Waals surface area contributed by atoms with E-state index in [2.05, 4.69) is 39.0 Å². The standard InChI is InChI=1S/C30H40F5N7O2/c1-18-9-40(20(8-36-18)10-39-5-6-44-12-19(39)2)11-23(43)41-16-26(3,4)24-22(41)7-21(25-37-17-38-42(24)25)29(31,32)27-13-28(14-27,15-27)30(33,34)35/h7,17-20,36H,5-6,8-16H2,1-4H3/t18-,19-,20-,27?,28?/m1/s1. The number of amides is 1. The maximum Gasteiger partial charge on any atom is 0.394 e. The average molecular weight is 626 g/mol. The van der Waals surface area contributed by atoms with E-state index in [0.29, 0.717) is 31.1 Å². The van der Waals surface area contributed by atoms with Gasteiger partial charge in [0.1, 0.15) is 6.33 Å². The lowest BCUT2D eigenvalue weighted by molar-refractivity contribution is -0.411. The van der Waals surface area contributed by atoms with Gasteiger partial charge in [0.05, 0.1) is 42.1 Å². The Kier molecular flexibility index (Phi) is 6.73. The molecular weight excluding hydrogens is 585 g/mol. The van der Waals surface area contributed by atoms with Crippen LogP contribution in [0.25, 0.3) is 5.65 Å². The summed E-state index contributed by atoms with van der Waals surface area (Å²) in [5.41, 5.74) is -4.03. The Balaban J connectivity index is 1.19. The molecule has 5 heterocycles. The summed E-state index contributed by atoms with van der Waals surface area (Å²) < 4.78 is 80.3. The van der Waals surface area contributed by atoms with Crippen LogP contribution in [-0.4, -0.2) is 107 Å². The van der Waals surface area contributed by atoms with E-state index in [4.69, 9.17) is 4.74 Å². The van der Waals surface area contributed by atoms with Crippen molar-refractivity contribution in [1.82, 2.24) is 29.7 Å². The number of ether oxygens (including phenoxy) is 1. The van der Waals surface area contributed by atoms with E-state index in [1.807, 2.05) is 13.8 Å². The molecule has 2 aromatic heterocycles. The van der Waals surface area contributed by atoms with Gasteiger partial charge in [0.15, 0.2) is 5.65 Å². The summed E-state index contributed by atoms with van der Waals surface area (Å²) in [5.74, 6) is -3.78. The fraction of sp³-hybridized carbons (Fsp3) is 0.767. The summed E-state index contributed by atoms with van der Waals surface area (Å²) in [6, 6.07) is 1.83. The minimum Gasteiger partial charge on any atom is -0.379 e. The number of hydrogen-bond acceptors (Lipinski definition) is 7. The van der Waals surface area contributed by atoms with Gasteiger partial charge in [-0.05, 0) is 39.2 Å². The highest BCUT2D eigenvalue weighted by Gasteiger charge is 2.85. The molecule has 0 radical (unpaired) electrons. The number of hydrogen-bond donors (Lipinski definition) is 1. The number of morpholine rings is 1. The van der Waals surface area contributed by atoms with Crippen LogP contribution in [0.2, 0.25) is 0 Å². The van der Waals surface area contributed by atoms with Crippen molar-refractivity contribution in [1.29, 1.82) is 0 Å². The van der Waals surface area contributed by atoms with Crippen LogP contribution in [-0.2, 0) is 20.9 Å². The van der Waals surface area contributed by atoms with E-state index in [0.717, 1.165) is 19.6 Å². The van der Waals surface area contributed by atoms with Crippen LogP contribution in [0.1, 0.15) is 58.2 Å². The summed E-state index contributed by atoms with van der Waals surface area (Å²) in [7, 11) is 0. The van der Waals surface area contributed by atoms with E-state index in [-0.39, 0.29) is 42.8 Å². The smallest absolute Gasteiger partial charge is 0.379 e. The molecule has 0 aromatic carbocycles. The molecule has 2 bridgehead atoms. The van der Waals surface area contributed by atoms with Crippen LogP contribution in [0.15, 0.2) is 12.4 Å².